The highest BCUT2D eigenvalue weighted by molar-refractivity contribution is 5.90. The monoisotopic (exact) mass is 314 g/mol. The number of carbonyl (C=O) groups is 1. The number of carbonyl (C=O) groups excluding carboxylic acids is 1. The van der Waals surface area contributed by atoms with Gasteiger partial charge in [0.05, 0.1) is 24.0 Å². The van der Waals surface area contributed by atoms with Crippen molar-refractivity contribution in [2.24, 2.45) is 0 Å². The second-order valence-electron chi connectivity index (χ2n) is 5.28. The quantitative estimate of drug-likeness (QED) is 0.652. The lowest BCUT2D eigenvalue weighted by Gasteiger charge is -2.08. The molecule has 1 amide bonds. The minimum atomic E-state index is -0.486. The predicted octanol–water partition coefficient (Wildman–Crippen LogP) is 3.62. The van der Waals surface area contributed by atoms with E-state index in [-0.39, 0.29) is 24.6 Å². The van der Waals surface area contributed by atoms with Crippen molar-refractivity contribution >= 4 is 17.3 Å². The number of nitrogens with zero attached hydrogens (tertiary/aromatic N) is 1. The van der Waals surface area contributed by atoms with E-state index in [1.165, 1.54) is 12.1 Å². The zero-order chi connectivity index (χ0) is 16.8. The van der Waals surface area contributed by atoms with Gasteiger partial charge in [0.15, 0.2) is 0 Å². The maximum atomic E-state index is 11.9. The first-order valence-corrected chi connectivity index (χ1v) is 7.19. The fraction of sp³-hybridized carbons (Fsp3) is 0.235. The summed E-state index contributed by atoms with van der Waals surface area (Å²) in [5.41, 5.74) is 2.87. The van der Waals surface area contributed by atoms with Gasteiger partial charge in [-0.25, -0.2) is 0 Å². The molecule has 2 aromatic carbocycles. The number of nitrogens with one attached hydrogen (secondary N) is 1. The van der Waals surface area contributed by atoms with Gasteiger partial charge in [0.2, 0.25) is 5.91 Å². The summed E-state index contributed by atoms with van der Waals surface area (Å²) in [7, 11) is 0. The van der Waals surface area contributed by atoms with E-state index in [2.05, 4.69) is 5.32 Å². The van der Waals surface area contributed by atoms with Gasteiger partial charge in [-0.05, 0) is 43.2 Å². The van der Waals surface area contributed by atoms with Gasteiger partial charge in [-0.15, -0.1) is 0 Å². The van der Waals surface area contributed by atoms with Crippen LogP contribution in [0.2, 0.25) is 0 Å². The van der Waals surface area contributed by atoms with Crippen molar-refractivity contribution in [1.82, 2.24) is 0 Å². The van der Waals surface area contributed by atoms with Crippen molar-refractivity contribution in [3.63, 3.8) is 0 Å². The number of hydrogen-bond acceptors (Lipinski definition) is 4. The summed E-state index contributed by atoms with van der Waals surface area (Å²) in [6.45, 7) is 4.08. The number of nitro groups is 1. The third-order valence-corrected chi connectivity index (χ3v) is 3.13. The molecular formula is C17H18N2O4. The Kier molecular flexibility index (Phi) is 5.30. The number of nitro benzene ring substituents is 1. The second-order valence-corrected chi connectivity index (χ2v) is 5.28. The zero-order valence-electron chi connectivity index (χ0n) is 13.0. The average molecular weight is 314 g/mol. The molecule has 1 N–H and O–H groups in total. The van der Waals surface area contributed by atoms with E-state index >= 15 is 0 Å². The molecule has 23 heavy (non-hydrogen) atoms. The second kappa shape index (κ2) is 7.40. The summed E-state index contributed by atoms with van der Waals surface area (Å²) in [5.74, 6) is 0.207. The fourth-order valence-corrected chi connectivity index (χ4v) is 2.22. The van der Waals surface area contributed by atoms with Gasteiger partial charge in [0, 0.05) is 11.8 Å². The SMILES string of the molecule is Cc1cc(C)cc(NC(=O)CCOc2cccc([N+](=O)[O-])c2)c1. The highest BCUT2D eigenvalue weighted by Gasteiger charge is 2.08. The van der Waals surface area contributed by atoms with Crippen LogP contribution in [0.1, 0.15) is 17.5 Å². The molecule has 2 rings (SSSR count). The minimum absolute atomic E-state index is 0.0396. The summed E-state index contributed by atoms with van der Waals surface area (Å²) >= 11 is 0. The number of rotatable bonds is 6. The number of non-ortho nitro benzene ring substituents is 1. The lowest BCUT2D eigenvalue weighted by molar-refractivity contribution is -0.384. The van der Waals surface area contributed by atoms with Crippen LogP contribution < -0.4 is 10.1 Å². The summed E-state index contributed by atoms with van der Waals surface area (Å²) in [6, 6.07) is 11.7. The molecule has 6 heteroatoms. The van der Waals surface area contributed by atoms with Crippen LogP contribution in [-0.2, 0) is 4.79 Å². The van der Waals surface area contributed by atoms with Crippen molar-refractivity contribution in [3.05, 3.63) is 63.7 Å². The molecule has 0 unspecified atom stereocenters. The first kappa shape index (κ1) is 16.5. The van der Waals surface area contributed by atoms with E-state index in [0.717, 1.165) is 16.8 Å². The normalized spacial score (nSPS) is 10.2. The third-order valence-electron chi connectivity index (χ3n) is 3.13. The molecule has 0 aliphatic heterocycles. The molecule has 0 bridgehead atoms. The minimum Gasteiger partial charge on any atom is -0.493 e. The molecule has 0 saturated heterocycles. The molecule has 0 aliphatic rings. The Morgan fingerprint density at radius 1 is 1.17 bits per heavy atom. The van der Waals surface area contributed by atoms with Crippen molar-refractivity contribution in [1.29, 1.82) is 0 Å². The van der Waals surface area contributed by atoms with Crippen LogP contribution in [0.5, 0.6) is 5.75 Å². The molecule has 0 heterocycles. The van der Waals surface area contributed by atoms with Crippen molar-refractivity contribution in [3.8, 4) is 5.75 Å². The summed E-state index contributed by atoms with van der Waals surface area (Å²) in [6.07, 6.45) is 0.162. The Balaban J connectivity index is 1.85. The molecule has 0 atom stereocenters. The standard InChI is InChI=1S/C17H18N2O4/c1-12-8-13(2)10-14(9-12)18-17(20)6-7-23-16-5-3-4-15(11-16)19(21)22/h3-5,8-11H,6-7H2,1-2H3,(H,18,20). The Morgan fingerprint density at radius 2 is 1.87 bits per heavy atom. The lowest BCUT2D eigenvalue weighted by atomic mass is 10.1. The molecule has 6 nitrogen and oxygen atoms in total. The smallest absolute Gasteiger partial charge is 0.273 e. The highest BCUT2D eigenvalue weighted by atomic mass is 16.6. The van der Waals surface area contributed by atoms with Gasteiger partial charge in [-0.2, -0.15) is 0 Å². The van der Waals surface area contributed by atoms with Crippen molar-refractivity contribution < 1.29 is 14.5 Å². The molecule has 0 aromatic heterocycles. The molecular weight excluding hydrogens is 296 g/mol. The van der Waals surface area contributed by atoms with E-state index in [0.29, 0.717) is 5.75 Å². The molecule has 0 saturated carbocycles. The number of hydrogen-bond donors (Lipinski definition) is 1. The molecule has 2 aromatic rings. The molecule has 0 fully saturated rings. The maximum Gasteiger partial charge on any atom is 0.273 e. The van der Waals surface area contributed by atoms with E-state index in [1.54, 1.807) is 12.1 Å². The Bertz CT molecular complexity index is 708. The first-order chi connectivity index (χ1) is 10.9. The van der Waals surface area contributed by atoms with Gasteiger partial charge in [0.25, 0.3) is 5.69 Å². The van der Waals surface area contributed by atoms with Crippen molar-refractivity contribution in [2.75, 3.05) is 11.9 Å². The van der Waals surface area contributed by atoms with Crippen LogP contribution >= 0.6 is 0 Å². The van der Waals surface area contributed by atoms with Crippen molar-refractivity contribution in [2.45, 2.75) is 20.3 Å². The fourth-order valence-electron chi connectivity index (χ4n) is 2.22. The molecule has 0 aliphatic carbocycles. The third kappa shape index (κ3) is 5.10. The zero-order valence-corrected chi connectivity index (χ0v) is 13.0. The Labute approximate surface area is 134 Å². The number of aryl methyl sites for hydroxylation is 2. The number of benzene rings is 2. The Morgan fingerprint density at radius 3 is 2.52 bits per heavy atom. The van der Waals surface area contributed by atoms with E-state index in [4.69, 9.17) is 4.74 Å². The van der Waals surface area contributed by atoms with Gasteiger partial charge in [0.1, 0.15) is 5.75 Å². The van der Waals surface area contributed by atoms with Crippen LogP contribution in [0.15, 0.2) is 42.5 Å². The summed E-state index contributed by atoms with van der Waals surface area (Å²) in [4.78, 5) is 22.1. The average Bonchev–Trinajstić information content (AvgIpc) is 2.46. The van der Waals surface area contributed by atoms with E-state index in [9.17, 15) is 14.9 Å². The summed E-state index contributed by atoms with van der Waals surface area (Å²) < 4.78 is 5.39. The van der Waals surface area contributed by atoms with Crippen LogP contribution in [-0.4, -0.2) is 17.4 Å². The van der Waals surface area contributed by atoms with Crippen LogP contribution in [0, 0.1) is 24.0 Å². The Hall–Kier alpha value is -2.89. The van der Waals surface area contributed by atoms with Gasteiger partial charge < -0.3 is 10.1 Å². The van der Waals surface area contributed by atoms with Gasteiger partial charge in [-0.3, -0.25) is 14.9 Å². The van der Waals surface area contributed by atoms with Crippen LogP contribution in [0.25, 0.3) is 0 Å². The van der Waals surface area contributed by atoms with Gasteiger partial charge >= 0.3 is 0 Å². The van der Waals surface area contributed by atoms with E-state index < -0.39 is 4.92 Å². The number of amides is 1. The lowest BCUT2D eigenvalue weighted by Crippen LogP contribution is -2.15. The number of anilines is 1. The van der Waals surface area contributed by atoms with Crippen LogP contribution in [0.3, 0.4) is 0 Å². The molecule has 0 spiro atoms. The topological polar surface area (TPSA) is 81.5 Å². The van der Waals surface area contributed by atoms with Gasteiger partial charge in [-0.1, -0.05) is 12.1 Å². The maximum absolute atomic E-state index is 11.9. The van der Waals surface area contributed by atoms with E-state index in [1.807, 2.05) is 32.0 Å². The highest BCUT2D eigenvalue weighted by Crippen LogP contribution is 2.19. The summed E-state index contributed by atoms with van der Waals surface area (Å²) in [5, 5.41) is 13.5. The van der Waals surface area contributed by atoms with Crippen LogP contribution in [0.4, 0.5) is 11.4 Å². The first-order valence-electron chi connectivity index (χ1n) is 7.19. The molecule has 0 radical (unpaired) electrons. The predicted molar refractivity (Wildman–Crippen MR) is 87.8 cm³/mol. The number of ether oxygens (including phenoxy) is 1. The molecule has 120 valence electrons. The largest absolute Gasteiger partial charge is 0.493 e.